The molecule has 2 aromatic carbocycles. The van der Waals surface area contributed by atoms with Crippen molar-refractivity contribution in [3.8, 4) is 16.9 Å². The Morgan fingerprint density at radius 1 is 1.16 bits per heavy atom. The number of carbonyl (C=O) groups excluding carboxylic acids is 1. The van der Waals surface area contributed by atoms with Crippen LogP contribution in [0, 0.1) is 17.7 Å². The first-order valence-corrected chi connectivity index (χ1v) is 17.9. The quantitative estimate of drug-likeness (QED) is 0.161. The van der Waals surface area contributed by atoms with Crippen molar-refractivity contribution in [3.05, 3.63) is 53.4 Å². The van der Waals surface area contributed by atoms with E-state index in [0.717, 1.165) is 69.3 Å². The Bertz CT molecular complexity index is 1840. The van der Waals surface area contributed by atoms with E-state index in [1.54, 1.807) is 6.07 Å². The van der Waals surface area contributed by atoms with Gasteiger partial charge in [-0.1, -0.05) is 19.6 Å². The number of hydrogen-bond donors (Lipinski definition) is 2. The number of fused-ring (bicyclic) bond motifs is 1. The van der Waals surface area contributed by atoms with Crippen molar-refractivity contribution in [1.29, 1.82) is 5.41 Å². The number of benzene rings is 2. The summed E-state index contributed by atoms with van der Waals surface area (Å²) in [6, 6.07) is 5.95. The molecule has 1 amide bonds. The van der Waals surface area contributed by atoms with Crippen LogP contribution in [0.5, 0.6) is 5.75 Å². The van der Waals surface area contributed by atoms with Crippen LogP contribution in [0.1, 0.15) is 61.0 Å². The molecule has 5 heterocycles. The topological polar surface area (TPSA) is 121 Å². The van der Waals surface area contributed by atoms with E-state index in [9.17, 15) is 18.0 Å². The number of likely N-dealkylation sites (tertiary alicyclic amines) is 2. The second kappa shape index (κ2) is 13.7. The Balaban J connectivity index is 1.36. The number of aryl methyl sites for hydroxylation is 2. The minimum atomic E-state index is -4.59. The molecular formula is C38H46F3N7O3. The van der Waals surface area contributed by atoms with Crippen LogP contribution >= 0.6 is 0 Å². The van der Waals surface area contributed by atoms with Crippen molar-refractivity contribution in [2.45, 2.75) is 64.1 Å². The fraction of sp³-hybridized carbons (Fsp3) is 0.526. The summed E-state index contributed by atoms with van der Waals surface area (Å²) < 4.78 is 53.3. The lowest BCUT2D eigenvalue weighted by Gasteiger charge is -2.54. The zero-order valence-corrected chi connectivity index (χ0v) is 29.3. The first-order chi connectivity index (χ1) is 24.4. The minimum Gasteiger partial charge on any atom is -0.481 e. The minimum absolute atomic E-state index is 0.00763. The highest BCUT2D eigenvalue weighted by Crippen LogP contribution is 2.48. The fourth-order valence-corrected chi connectivity index (χ4v) is 8.38. The van der Waals surface area contributed by atoms with Gasteiger partial charge in [0, 0.05) is 98.3 Å². The number of ether oxygens (including phenoxy) is 2. The van der Waals surface area contributed by atoms with E-state index in [1.165, 1.54) is 6.08 Å². The number of halogens is 3. The van der Waals surface area contributed by atoms with E-state index in [2.05, 4.69) is 16.4 Å². The summed E-state index contributed by atoms with van der Waals surface area (Å²) >= 11 is 0. The van der Waals surface area contributed by atoms with Crippen LogP contribution in [-0.4, -0.2) is 103 Å². The first kappa shape index (κ1) is 35.2. The van der Waals surface area contributed by atoms with Gasteiger partial charge < -0.3 is 30.4 Å². The standard InChI is InChI=1S/C38H46F3N7O3/c1-4-24-16-27-33(34(51-22-38(39,40)41)32(24)31-23(3)6-7-29(43)28(31)17-42)44-35(25-18-47(19-25)26-8-14-50-15-9-26)45-36(27)46-12-10-37(11-13-46)20-48(21-37)30(49)5-2/h5-7,16-17,25-26,42H,2,4,8-15,18-22,43H2,1,3H3. The number of nitrogens with two attached hydrogens (primary N) is 1. The van der Waals surface area contributed by atoms with Gasteiger partial charge in [0.2, 0.25) is 5.91 Å². The maximum Gasteiger partial charge on any atom is 0.422 e. The van der Waals surface area contributed by atoms with Crippen LogP contribution in [0.25, 0.3) is 22.0 Å². The highest BCUT2D eigenvalue weighted by Gasteiger charge is 2.47. The van der Waals surface area contributed by atoms with E-state index >= 15 is 0 Å². The molecule has 0 aliphatic carbocycles. The Labute approximate surface area is 296 Å². The Hall–Kier alpha value is -4.23. The summed E-state index contributed by atoms with van der Waals surface area (Å²) in [5, 5.41) is 8.87. The molecule has 4 saturated heterocycles. The SMILES string of the molecule is C=CC(=O)N1CC2(CCN(c3nc(C4CN(C5CCOCC5)C4)nc4c(OCC(F)(F)F)c(-c5c(C)ccc(N)c5C=N)c(CC)cc34)CC2)C1. The molecule has 4 aliphatic heterocycles. The summed E-state index contributed by atoms with van der Waals surface area (Å²) in [4.78, 5) is 29.0. The summed E-state index contributed by atoms with van der Waals surface area (Å²) in [5.41, 5.74) is 10.1. The molecule has 3 N–H and O–H groups in total. The van der Waals surface area contributed by atoms with E-state index in [1.807, 2.05) is 30.9 Å². The number of carbonyl (C=O) groups is 1. The molecule has 13 heteroatoms. The summed E-state index contributed by atoms with van der Waals surface area (Å²) in [5.74, 6) is 1.28. The predicted molar refractivity (Wildman–Crippen MR) is 192 cm³/mol. The van der Waals surface area contributed by atoms with Crippen molar-refractivity contribution in [1.82, 2.24) is 19.8 Å². The molecule has 1 aromatic heterocycles. The first-order valence-electron chi connectivity index (χ1n) is 17.9. The lowest BCUT2D eigenvalue weighted by atomic mass is 9.72. The predicted octanol–water partition coefficient (Wildman–Crippen LogP) is 5.88. The number of aromatic nitrogens is 2. The van der Waals surface area contributed by atoms with Crippen molar-refractivity contribution in [2.24, 2.45) is 5.41 Å². The molecule has 0 atom stereocenters. The maximum absolute atomic E-state index is 14.0. The molecule has 3 aromatic rings. The van der Waals surface area contributed by atoms with Crippen LogP contribution in [0.4, 0.5) is 24.7 Å². The number of alkyl halides is 3. The highest BCUT2D eigenvalue weighted by molar-refractivity contribution is 6.04. The molecule has 10 nitrogen and oxygen atoms in total. The molecule has 0 radical (unpaired) electrons. The maximum atomic E-state index is 14.0. The molecule has 0 saturated carbocycles. The zero-order chi connectivity index (χ0) is 36.1. The number of nitrogens with one attached hydrogen (secondary N) is 1. The van der Waals surface area contributed by atoms with Gasteiger partial charge in [0.1, 0.15) is 17.2 Å². The van der Waals surface area contributed by atoms with Crippen LogP contribution < -0.4 is 15.4 Å². The fourth-order valence-electron chi connectivity index (χ4n) is 8.38. The molecule has 1 spiro atoms. The van der Waals surface area contributed by atoms with Crippen molar-refractivity contribution < 1.29 is 27.4 Å². The molecule has 7 rings (SSSR count). The van der Waals surface area contributed by atoms with E-state index in [0.29, 0.717) is 83.6 Å². The molecular weight excluding hydrogens is 659 g/mol. The second-order valence-corrected chi connectivity index (χ2v) is 14.6. The normalized spacial score (nSPS) is 19.9. The van der Waals surface area contributed by atoms with Gasteiger partial charge >= 0.3 is 6.18 Å². The van der Waals surface area contributed by atoms with Crippen molar-refractivity contribution in [2.75, 3.05) is 69.7 Å². The van der Waals surface area contributed by atoms with Gasteiger partial charge in [-0.2, -0.15) is 13.2 Å². The van der Waals surface area contributed by atoms with Gasteiger partial charge in [-0.25, -0.2) is 9.97 Å². The lowest BCUT2D eigenvalue weighted by molar-refractivity contribution is -0.153. The largest absolute Gasteiger partial charge is 0.481 e. The number of nitrogen functional groups attached to an aromatic ring is 1. The van der Waals surface area contributed by atoms with Crippen molar-refractivity contribution >= 4 is 34.5 Å². The van der Waals surface area contributed by atoms with Crippen molar-refractivity contribution in [3.63, 3.8) is 0 Å². The van der Waals surface area contributed by atoms with Gasteiger partial charge in [-0.15, -0.1) is 0 Å². The molecule has 4 fully saturated rings. The third kappa shape index (κ3) is 6.66. The van der Waals surface area contributed by atoms with Crippen LogP contribution in [0.2, 0.25) is 0 Å². The average molecular weight is 706 g/mol. The third-order valence-electron chi connectivity index (χ3n) is 11.3. The zero-order valence-electron chi connectivity index (χ0n) is 29.3. The number of nitrogens with zero attached hydrogens (tertiary/aromatic N) is 5. The molecule has 51 heavy (non-hydrogen) atoms. The number of rotatable bonds is 9. The van der Waals surface area contributed by atoms with Crippen LogP contribution in [0.3, 0.4) is 0 Å². The molecule has 0 bridgehead atoms. The van der Waals surface area contributed by atoms with Gasteiger partial charge in [-0.3, -0.25) is 9.69 Å². The number of piperidine rings is 1. The Morgan fingerprint density at radius 3 is 2.49 bits per heavy atom. The van der Waals surface area contributed by atoms with E-state index in [4.69, 9.17) is 30.6 Å². The summed E-state index contributed by atoms with van der Waals surface area (Å²) in [7, 11) is 0. The molecule has 0 unspecified atom stereocenters. The number of hydrogen-bond acceptors (Lipinski definition) is 9. The Morgan fingerprint density at radius 2 is 1.86 bits per heavy atom. The van der Waals surface area contributed by atoms with Gasteiger partial charge in [0.15, 0.2) is 12.4 Å². The number of amides is 1. The number of anilines is 2. The third-order valence-corrected chi connectivity index (χ3v) is 11.3. The molecule has 272 valence electrons. The smallest absolute Gasteiger partial charge is 0.422 e. The van der Waals surface area contributed by atoms with Crippen LogP contribution in [-0.2, 0) is 16.0 Å². The van der Waals surface area contributed by atoms with Gasteiger partial charge in [0.05, 0.1) is 0 Å². The van der Waals surface area contributed by atoms with Crippen LogP contribution in [0.15, 0.2) is 30.9 Å². The highest BCUT2D eigenvalue weighted by atomic mass is 19.4. The Kier molecular flexibility index (Phi) is 9.47. The summed E-state index contributed by atoms with van der Waals surface area (Å²) in [6.07, 6.45) is 2.05. The monoisotopic (exact) mass is 705 g/mol. The van der Waals surface area contributed by atoms with Gasteiger partial charge in [-0.05, 0) is 73.9 Å². The summed E-state index contributed by atoms with van der Waals surface area (Å²) in [6.45, 7) is 11.7. The molecule has 4 aliphatic rings. The lowest BCUT2D eigenvalue weighted by Crippen LogP contribution is -2.61. The second-order valence-electron chi connectivity index (χ2n) is 14.6. The van der Waals surface area contributed by atoms with E-state index < -0.39 is 12.8 Å². The van der Waals surface area contributed by atoms with E-state index in [-0.39, 0.29) is 23.0 Å². The average Bonchev–Trinajstić information content (AvgIpc) is 3.09. The van der Waals surface area contributed by atoms with Gasteiger partial charge in [0.25, 0.3) is 0 Å².